The minimum atomic E-state index is 0.347. The number of hydrogen-bond acceptors (Lipinski definition) is 2. The second kappa shape index (κ2) is 2.32. The van der Waals surface area contributed by atoms with Crippen LogP contribution in [-0.2, 0) is 0 Å². The van der Waals surface area contributed by atoms with E-state index in [-0.39, 0.29) is 0 Å². The first-order chi connectivity index (χ1) is 4.88. The zero-order valence-corrected chi connectivity index (χ0v) is 6.93. The molecule has 1 aliphatic carbocycles. The van der Waals surface area contributed by atoms with Gasteiger partial charge in [-0.2, -0.15) is 0 Å². The molecule has 0 radical (unpaired) electrons. The predicted octanol–water partition coefficient (Wildman–Crippen LogP) is 1.21. The van der Waals surface area contributed by atoms with Gasteiger partial charge in [-0.05, 0) is 22.0 Å². The lowest BCUT2D eigenvalue weighted by Gasteiger charge is -2.10. The lowest BCUT2D eigenvalue weighted by Crippen LogP contribution is -2.29. The molecule has 0 saturated carbocycles. The molecule has 2 rings (SSSR count). The summed E-state index contributed by atoms with van der Waals surface area (Å²) in [4.78, 5) is 4.28. The van der Waals surface area contributed by atoms with E-state index < -0.39 is 0 Å². The van der Waals surface area contributed by atoms with Crippen molar-refractivity contribution in [3.05, 3.63) is 22.7 Å². The third kappa shape index (κ3) is 0.859. The van der Waals surface area contributed by atoms with E-state index >= 15 is 0 Å². The summed E-state index contributed by atoms with van der Waals surface area (Å²) in [5.74, 6) is 0. The molecule has 1 atom stereocenters. The summed E-state index contributed by atoms with van der Waals surface area (Å²) < 4.78 is 1.10. The van der Waals surface area contributed by atoms with E-state index in [9.17, 15) is 0 Å². The van der Waals surface area contributed by atoms with Gasteiger partial charge in [-0.3, -0.25) is 10.3 Å². The zero-order chi connectivity index (χ0) is 6.97. The Kier molecular flexibility index (Phi) is 1.47. The van der Waals surface area contributed by atoms with Gasteiger partial charge in [-0.15, -0.1) is 0 Å². The number of aliphatic imine (C=N–C) groups is 1. The Morgan fingerprint density at radius 3 is 3.40 bits per heavy atom. The Morgan fingerprint density at radius 1 is 1.70 bits per heavy atom. The summed E-state index contributed by atoms with van der Waals surface area (Å²) in [6.07, 6.45) is 6.16. The molecule has 0 bridgehead atoms. The Labute approximate surface area is 67.9 Å². The SMILES string of the molecule is BrC1=CC=CC2NCN=C12. The molecule has 0 saturated heterocycles. The second-order valence-electron chi connectivity index (χ2n) is 2.28. The van der Waals surface area contributed by atoms with E-state index in [0.29, 0.717) is 6.04 Å². The smallest absolute Gasteiger partial charge is 0.0896 e. The van der Waals surface area contributed by atoms with Crippen LogP contribution < -0.4 is 5.32 Å². The Balaban J connectivity index is 2.38. The molecule has 0 amide bonds. The Morgan fingerprint density at radius 2 is 2.60 bits per heavy atom. The van der Waals surface area contributed by atoms with E-state index in [1.807, 2.05) is 12.2 Å². The first kappa shape index (κ1) is 6.31. The highest BCUT2D eigenvalue weighted by atomic mass is 79.9. The molecule has 0 spiro atoms. The van der Waals surface area contributed by atoms with Crippen LogP contribution in [0.3, 0.4) is 0 Å². The molecule has 1 heterocycles. The van der Waals surface area contributed by atoms with Crippen LogP contribution in [-0.4, -0.2) is 18.4 Å². The fraction of sp³-hybridized carbons (Fsp3) is 0.286. The van der Waals surface area contributed by atoms with Crippen molar-refractivity contribution in [2.45, 2.75) is 6.04 Å². The van der Waals surface area contributed by atoms with Crippen molar-refractivity contribution >= 4 is 21.6 Å². The average molecular weight is 199 g/mol. The quantitative estimate of drug-likeness (QED) is 0.622. The standard InChI is InChI=1S/C7H7BrN2/c8-5-2-1-3-6-7(5)10-4-9-6/h1-3,6,9H,4H2. The molecule has 0 aromatic rings. The normalized spacial score (nSPS) is 29.5. The van der Waals surface area contributed by atoms with Gasteiger partial charge < -0.3 is 0 Å². The maximum Gasteiger partial charge on any atom is 0.0896 e. The monoisotopic (exact) mass is 198 g/mol. The van der Waals surface area contributed by atoms with Gasteiger partial charge in [0.25, 0.3) is 0 Å². The van der Waals surface area contributed by atoms with Gasteiger partial charge in [0.05, 0.1) is 18.4 Å². The molecule has 2 aliphatic rings. The second-order valence-corrected chi connectivity index (χ2v) is 3.14. The number of hydrogen-bond donors (Lipinski definition) is 1. The van der Waals surface area contributed by atoms with Crippen molar-refractivity contribution in [2.75, 3.05) is 6.67 Å². The van der Waals surface area contributed by atoms with Crippen LogP contribution in [0.2, 0.25) is 0 Å². The van der Waals surface area contributed by atoms with Crippen molar-refractivity contribution in [3.63, 3.8) is 0 Å². The van der Waals surface area contributed by atoms with Crippen molar-refractivity contribution in [2.24, 2.45) is 4.99 Å². The van der Waals surface area contributed by atoms with Gasteiger partial charge in [-0.1, -0.05) is 12.2 Å². The molecule has 10 heavy (non-hydrogen) atoms. The summed E-state index contributed by atoms with van der Waals surface area (Å²) in [7, 11) is 0. The first-order valence-corrected chi connectivity index (χ1v) is 3.99. The molecule has 0 fully saturated rings. The average Bonchev–Trinajstić information content (AvgIpc) is 2.36. The topological polar surface area (TPSA) is 24.4 Å². The minimum absolute atomic E-state index is 0.347. The molecule has 52 valence electrons. The molecule has 1 N–H and O–H groups in total. The van der Waals surface area contributed by atoms with Crippen molar-refractivity contribution in [1.29, 1.82) is 0 Å². The van der Waals surface area contributed by atoms with E-state index in [4.69, 9.17) is 0 Å². The third-order valence-corrected chi connectivity index (χ3v) is 2.32. The summed E-state index contributed by atoms with van der Waals surface area (Å²) in [6, 6.07) is 0.347. The van der Waals surface area contributed by atoms with Crippen LogP contribution in [0.15, 0.2) is 27.7 Å². The third-order valence-electron chi connectivity index (χ3n) is 1.65. The maximum absolute atomic E-state index is 4.28. The summed E-state index contributed by atoms with van der Waals surface area (Å²) in [5.41, 5.74) is 1.13. The van der Waals surface area contributed by atoms with Gasteiger partial charge in [0.15, 0.2) is 0 Å². The number of halogens is 1. The van der Waals surface area contributed by atoms with E-state index in [2.05, 4.69) is 32.3 Å². The molecular formula is C7H7BrN2. The number of rotatable bonds is 0. The van der Waals surface area contributed by atoms with E-state index in [1.54, 1.807) is 0 Å². The van der Waals surface area contributed by atoms with Crippen LogP contribution in [0.4, 0.5) is 0 Å². The van der Waals surface area contributed by atoms with Crippen LogP contribution in [0.25, 0.3) is 0 Å². The van der Waals surface area contributed by atoms with Crippen LogP contribution in [0.5, 0.6) is 0 Å². The van der Waals surface area contributed by atoms with E-state index in [0.717, 1.165) is 16.9 Å². The Bertz CT molecular complexity index is 240. The fourth-order valence-corrected chi connectivity index (χ4v) is 1.67. The van der Waals surface area contributed by atoms with Crippen molar-refractivity contribution in [3.8, 4) is 0 Å². The highest BCUT2D eigenvalue weighted by molar-refractivity contribution is 9.12. The van der Waals surface area contributed by atoms with Crippen molar-refractivity contribution in [1.82, 2.24) is 5.32 Å². The molecule has 1 aliphatic heterocycles. The fourth-order valence-electron chi connectivity index (χ4n) is 1.14. The number of allylic oxidation sites excluding steroid dienone is 2. The highest BCUT2D eigenvalue weighted by Crippen LogP contribution is 2.18. The van der Waals surface area contributed by atoms with Gasteiger partial charge in [0.2, 0.25) is 0 Å². The minimum Gasteiger partial charge on any atom is -0.287 e. The summed E-state index contributed by atoms with van der Waals surface area (Å²) in [5, 5.41) is 3.23. The number of fused-ring (bicyclic) bond motifs is 1. The van der Waals surface area contributed by atoms with Crippen LogP contribution >= 0.6 is 15.9 Å². The van der Waals surface area contributed by atoms with Crippen LogP contribution in [0, 0.1) is 0 Å². The van der Waals surface area contributed by atoms with Gasteiger partial charge >= 0.3 is 0 Å². The summed E-state index contributed by atoms with van der Waals surface area (Å²) in [6.45, 7) is 0.743. The maximum atomic E-state index is 4.28. The van der Waals surface area contributed by atoms with Gasteiger partial charge in [0, 0.05) is 4.48 Å². The molecule has 0 aromatic carbocycles. The molecule has 0 aromatic heterocycles. The lowest BCUT2D eigenvalue weighted by molar-refractivity contribution is 0.770. The predicted molar refractivity (Wildman–Crippen MR) is 45.4 cm³/mol. The molecule has 2 nitrogen and oxygen atoms in total. The summed E-state index contributed by atoms with van der Waals surface area (Å²) >= 11 is 3.43. The number of nitrogens with zero attached hydrogens (tertiary/aromatic N) is 1. The highest BCUT2D eigenvalue weighted by Gasteiger charge is 2.21. The molecule has 1 unspecified atom stereocenters. The lowest BCUT2D eigenvalue weighted by atomic mass is 10.1. The zero-order valence-electron chi connectivity index (χ0n) is 5.34. The van der Waals surface area contributed by atoms with Gasteiger partial charge in [-0.25, -0.2) is 0 Å². The largest absolute Gasteiger partial charge is 0.287 e. The number of nitrogens with one attached hydrogen (secondary N) is 1. The van der Waals surface area contributed by atoms with Gasteiger partial charge in [0.1, 0.15) is 0 Å². The first-order valence-electron chi connectivity index (χ1n) is 3.20. The molecule has 3 heteroatoms. The van der Waals surface area contributed by atoms with Crippen LogP contribution in [0.1, 0.15) is 0 Å². The van der Waals surface area contributed by atoms with Crippen molar-refractivity contribution < 1.29 is 0 Å². The van der Waals surface area contributed by atoms with E-state index in [1.165, 1.54) is 0 Å². The molecular weight excluding hydrogens is 192 g/mol. The Hall–Kier alpha value is -0.410.